The third-order valence-electron chi connectivity index (χ3n) is 2.23. The number of aromatic carboxylic acids is 1. The van der Waals surface area contributed by atoms with Gasteiger partial charge in [-0.15, -0.1) is 0 Å². The molecule has 0 aliphatic carbocycles. The normalized spacial score (nSPS) is 10.9. The van der Waals surface area contributed by atoms with Gasteiger partial charge in [-0.25, -0.2) is 4.79 Å². The minimum absolute atomic E-state index is 0.0746. The number of nitrogens with zero attached hydrogens (tertiary/aromatic N) is 1. The molecule has 18 heavy (non-hydrogen) atoms. The van der Waals surface area contributed by atoms with Gasteiger partial charge in [0.1, 0.15) is 11.3 Å². The maximum absolute atomic E-state index is 10.8. The highest BCUT2D eigenvalue weighted by molar-refractivity contribution is 5.95. The molecule has 1 rings (SSSR count). The van der Waals surface area contributed by atoms with Crippen molar-refractivity contribution in [1.82, 2.24) is 5.32 Å². The number of phenols is 1. The van der Waals surface area contributed by atoms with E-state index >= 15 is 0 Å². The van der Waals surface area contributed by atoms with Crippen molar-refractivity contribution in [3.63, 3.8) is 0 Å². The lowest BCUT2D eigenvalue weighted by Crippen LogP contribution is -2.21. The molecule has 0 bridgehead atoms. The number of carboxylic acid groups (broad SMARTS) is 1. The molecule has 0 aliphatic heterocycles. The number of hydrogen-bond donors (Lipinski definition) is 4. The Morgan fingerprint density at radius 1 is 1.39 bits per heavy atom. The van der Waals surface area contributed by atoms with Gasteiger partial charge >= 0.3 is 5.97 Å². The molecule has 0 fully saturated rings. The molecular formula is C12H16N2O4. The summed E-state index contributed by atoms with van der Waals surface area (Å²) >= 11 is 0. The van der Waals surface area contributed by atoms with E-state index in [9.17, 15) is 9.90 Å². The second kappa shape index (κ2) is 7.41. The van der Waals surface area contributed by atoms with E-state index in [-0.39, 0.29) is 17.9 Å². The quantitative estimate of drug-likeness (QED) is 0.407. The summed E-state index contributed by atoms with van der Waals surface area (Å²) in [5, 5.41) is 30.0. The SMILES string of the molecule is O=C(O)c1cccc(C=NCCNCCO)c1O. The molecule has 0 radical (unpaired) electrons. The number of para-hydroxylation sites is 1. The summed E-state index contributed by atoms with van der Waals surface area (Å²) < 4.78 is 0. The average molecular weight is 252 g/mol. The lowest BCUT2D eigenvalue weighted by Gasteiger charge is -2.02. The second-order valence-electron chi connectivity index (χ2n) is 3.56. The van der Waals surface area contributed by atoms with Crippen molar-refractivity contribution in [1.29, 1.82) is 0 Å². The first kappa shape index (κ1) is 14.1. The van der Waals surface area contributed by atoms with Crippen LogP contribution in [0.4, 0.5) is 0 Å². The van der Waals surface area contributed by atoms with Gasteiger partial charge in [-0.05, 0) is 12.1 Å². The summed E-state index contributed by atoms with van der Waals surface area (Å²) in [6.45, 7) is 1.67. The zero-order chi connectivity index (χ0) is 13.4. The largest absolute Gasteiger partial charge is 0.506 e. The van der Waals surface area contributed by atoms with Crippen LogP contribution in [0.3, 0.4) is 0 Å². The molecule has 6 nitrogen and oxygen atoms in total. The van der Waals surface area contributed by atoms with Gasteiger partial charge in [0.15, 0.2) is 0 Å². The lowest BCUT2D eigenvalue weighted by molar-refractivity contribution is 0.0693. The molecule has 0 aromatic heterocycles. The number of rotatable bonds is 7. The molecule has 0 atom stereocenters. The lowest BCUT2D eigenvalue weighted by atomic mass is 10.1. The molecule has 0 spiro atoms. The van der Waals surface area contributed by atoms with E-state index in [0.717, 1.165) is 0 Å². The monoisotopic (exact) mass is 252 g/mol. The second-order valence-corrected chi connectivity index (χ2v) is 3.56. The van der Waals surface area contributed by atoms with Crippen LogP contribution in [0, 0.1) is 0 Å². The number of aliphatic hydroxyl groups excluding tert-OH is 1. The number of nitrogens with one attached hydrogen (secondary N) is 1. The van der Waals surface area contributed by atoms with Crippen LogP contribution >= 0.6 is 0 Å². The fourth-order valence-electron chi connectivity index (χ4n) is 1.35. The number of carbonyl (C=O) groups is 1. The van der Waals surface area contributed by atoms with E-state index in [2.05, 4.69) is 10.3 Å². The molecule has 0 saturated carbocycles. The van der Waals surface area contributed by atoms with Gasteiger partial charge in [-0.2, -0.15) is 0 Å². The fourth-order valence-corrected chi connectivity index (χ4v) is 1.35. The molecule has 6 heteroatoms. The molecule has 1 aromatic carbocycles. The molecule has 1 aromatic rings. The predicted molar refractivity (Wildman–Crippen MR) is 67.5 cm³/mol. The smallest absolute Gasteiger partial charge is 0.339 e. The van der Waals surface area contributed by atoms with E-state index < -0.39 is 5.97 Å². The Morgan fingerprint density at radius 3 is 2.83 bits per heavy atom. The van der Waals surface area contributed by atoms with Crippen molar-refractivity contribution in [2.24, 2.45) is 4.99 Å². The summed E-state index contributed by atoms with van der Waals surface area (Å²) in [4.78, 5) is 14.8. The van der Waals surface area contributed by atoms with E-state index in [0.29, 0.717) is 25.2 Å². The number of aliphatic imine (C=N–C) groups is 1. The number of benzene rings is 1. The first-order valence-electron chi connectivity index (χ1n) is 5.53. The predicted octanol–water partition coefficient (Wildman–Crippen LogP) is 0.0912. The summed E-state index contributed by atoms with van der Waals surface area (Å²) in [5.41, 5.74) is 0.231. The van der Waals surface area contributed by atoms with Crippen LogP contribution in [-0.4, -0.2) is 53.7 Å². The summed E-state index contributed by atoms with van der Waals surface area (Å²) in [5.74, 6) is -1.45. The average Bonchev–Trinajstić information content (AvgIpc) is 2.35. The summed E-state index contributed by atoms with van der Waals surface area (Å²) in [7, 11) is 0. The van der Waals surface area contributed by atoms with E-state index in [1.165, 1.54) is 12.3 Å². The molecule has 0 saturated heterocycles. The Balaban J connectivity index is 2.59. The standard InChI is InChI=1S/C12H16N2O4/c15-7-6-13-4-5-14-8-9-2-1-3-10(11(9)16)12(17)18/h1-3,8,13,15-16H,4-7H2,(H,17,18). The minimum atomic E-state index is -1.17. The Kier molecular flexibility index (Phi) is 5.83. The van der Waals surface area contributed by atoms with Crippen molar-refractivity contribution in [3.8, 4) is 5.75 Å². The summed E-state index contributed by atoms with van der Waals surface area (Å²) in [6, 6.07) is 4.47. The third kappa shape index (κ3) is 4.15. The van der Waals surface area contributed by atoms with Crippen molar-refractivity contribution in [2.45, 2.75) is 0 Å². The maximum atomic E-state index is 10.8. The molecule has 98 valence electrons. The van der Waals surface area contributed by atoms with E-state index in [1.807, 2.05) is 0 Å². The third-order valence-corrected chi connectivity index (χ3v) is 2.23. The maximum Gasteiger partial charge on any atom is 0.339 e. The van der Waals surface area contributed by atoms with Crippen LogP contribution in [0.25, 0.3) is 0 Å². The van der Waals surface area contributed by atoms with Gasteiger partial charge in [0.2, 0.25) is 0 Å². The molecule has 0 unspecified atom stereocenters. The van der Waals surface area contributed by atoms with Crippen molar-refractivity contribution >= 4 is 12.2 Å². The van der Waals surface area contributed by atoms with Crippen LogP contribution in [0.1, 0.15) is 15.9 Å². The number of carboxylic acids is 1. The highest BCUT2D eigenvalue weighted by Gasteiger charge is 2.11. The van der Waals surface area contributed by atoms with Crippen LogP contribution < -0.4 is 5.32 Å². The molecule has 0 amide bonds. The first-order valence-corrected chi connectivity index (χ1v) is 5.53. The van der Waals surface area contributed by atoms with Crippen LogP contribution in [0.15, 0.2) is 23.2 Å². The van der Waals surface area contributed by atoms with Gasteiger partial charge in [-0.3, -0.25) is 4.99 Å². The van der Waals surface area contributed by atoms with Crippen LogP contribution in [-0.2, 0) is 0 Å². The first-order chi connectivity index (χ1) is 8.66. The zero-order valence-corrected chi connectivity index (χ0v) is 9.83. The van der Waals surface area contributed by atoms with E-state index in [1.54, 1.807) is 12.1 Å². The van der Waals surface area contributed by atoms with Crippen molar-refractivity contribution in [2.75, 3.05) is 26.2 Å². The Bertz CT molecular complexity index is 432. The molecule has 0 aliphatic rings. The summed E-state index contributed by atoms with van der Waals surface area (Å²) in [6.07, 6.45) is 1.43. The molecular weight excluding hydrogens is 236 g/mol. The topological polar surface area (TPSA) is 102 Å². The highest BCUT2D eigenvalue weighted by atomic mass is 16.4. The Morgan fingerprint density at radius 2 is 2.17 bits per heavy atom. The number of aromatic hydroxyl groups is 1. The van der Waals surface area contributed by atoms with E-state index in [4.69, 9.17) is 10.2 Å². The Labute approximate surface area is 105 Å². The van der Waals surface area contributed by atoms with Crippen molar-refractivity contribution in [3.05, 3.63) is 29.3 Å². The minimum Gasteiger partial charge on any atom is -0.506 e. The van der Waals surface area contributed by atoms with Crippen LogP contribution in [0.2, 0.25) is 0 Å². The van der Waals surface area contributed by atoms with Gasteiger partial charge in [0, 0.05) is 24.9 Å². The zero-order valence-electron chi connectivity index (χ0n) is 9.83. The van der Waals surface area contributed by atoms with Gasteiger partial charge in [0.25, 0.3) is 0 Å². The molecule has 0 heterocycles. The number of hydrogen-bond acceptors (Lipinski definition) is 5. The fraction of sp³-hybridized carbons (Fsp3) is 0.333. The highest BCUT2D eigenvalue weighted by Crippen LogP contribution is 2.20. The van der Waals surface area contributed by atoms with Gasteiger partial charge in [0.05, 0.1) is 13.2 Å². The van der Waals surface area contributed by atoms with Crippen molar-refractivity contribution < 1.29 is 20.1 Å². The number of aliphatic hydroxyl groups is 1. The van der Waals surface area contributed by atoms with Gasteiger partial charge in [-0.1, -0.05) is 6.07 Å². The Hall–Kier alpha value is -1.92. The molecule has 4 N–H and O–H groups in total. The van der Waals surface area contributed by atoms with Gasteiger partial charge < -0.3 is 20.6 Å². The van der Waals surface area contributed by atoms with Crippen LogP contribution in [0.5, 0.6) is 5.75 Å².